The topological polar surface area (TPSA) is 60.8 Å². The molecule has 102 valence electrons. The van der Waals surface area contributed by atoms with E-state index in [1.807, 2.05) is 32.1 Å². The van der Waals surface area contributed by atoms with E-state index >= 15 is 0 Å². The molecule has 2 N–H and O–H groups in total. The molecular formula is C15H19NO3. The quantitative estimate of drug-likeness (QED) is 0.858. The average molecular weight is 261 g/mol. The predicted octanol–water partition coefficient (Wildman–Crippen LogP) is 3.28. The van der Waals surface area contributed by atoms with Crippen molar-refractivity contribution in [3.63, 3.8) is 0 Å². The first-order valence-electron chi connectivity index (χ1n) is 6.49. The number of phenols is 1. The minimum atomic E-state index is -0.871. The molecule has 0 aliphatic carbocycles. The summed E-state index contributed by atoms with van der Waals surface area (Å²) in [4.78, 5) is 12.2. The van der Waals surface area contributed by atoms with Crippen LogP contribution in [0.3, 0.4) is 0 Å². The largest absolute Gasteiger partial charge is 0.508 e. The molecule has 4 nitrogen and oxygen atoms in total. The van der Waals surface area contributed by atoms with Crippen molar-refractivity contribution >= 4 is 11.7 Å². The van der Waals surface area contributed by atoms with Gasteiger partial charge in [-0.15, -0.1) is 0 Å². The summed E-state index contributed by atoms with van der Waals surface area (Å²) < 4.78 is 0. The Labute approximate surface area is 113 Å². The summed E-state index contributed by atoms with van der Waals surface area (Å²) in [6, 6.07) is 5.61. The van der Waals surface area contributed by atoms with Gasteiger partial charge in [0.15, 0.2) is 0 Å². The van der Waals surface area contributed by atoms with E-state index in [1.165, 1.54) is 4.90 Å². The fourth-order valence-corrected chi connectivity index (χ4v) is 2.32. The molecule has 4 heteroatoms. The van der Waals surface area contributed by atoms with Crippen LogP contribution in [-0.2, 0) is 0 Å². The second-order valence-electron chi connectivity index (χ2n) is 5.14. The highest BCUT2D eigenvalue weighted by Gasteiger charge is 2.17. The zero-order valence-corrected chi connectivity index (χ0v) is 11.3. The van der Waals surface area contributed by atoms with Gasteiger partial charge in [-0.1, -0.05) is 26.0 Å². The van der Waals surface area contributed by atoms with Crippen LogP contribution in [0.4, 0.5) is 4.79 Å². The summed E-state index contributed by atoms with van der Waals surface area (Å²) in [5.74, 6) is 0.585. The van der Waals surface area contributed by atoms with Crippen LogP contribution in [0, 0.1) is 0 Å². The summed E-state index contributed by atoms with van der Waals surface area (Å²) in [6.07, 6.45) is 1.80. The molecule has 1 heterocycles. The van der Waals surface area contributed by atoms with Crippen LogP contribution in [0.15, 0.2) is 24.3 Å². The van der Waals surface area contributed by atoms with E-state index in [9.17, 15) is 9.90 Å². The van der Waals surface area contributed by atoms with Crippen LogP contribution in [-0.4, -0.2) is 34.3 Å². The lowest BCUT2D eigenvalue weighted by Crippen LogP contribution is -2.33. The minimum absolute atomic E-state index is 0.264. The number of hydrogen-bond acceptors (Lipinski definition) is 2. The molecule has 1 aliphatic rings. The van der Waals surface area contributed by atoms with Crippen LogP contribution in [0.2, 0.25) is 0 Å². The maximum Gasteiger partial charge on any atom is 0.407 e. The molecule has 1 aromatic rings. The van der Waals surface area contributed by atoms with Crippen molar-refractivity contribution in [2.24, 2.45) is 0 Å². The van der Waals surface area contributed by atoms with Gasteiger partial charge in [-0.3, -0.25) is 0 Å². The molecule has 0 unspecified atom stereocenters. The molecule has 0 aromatic heterocycles. The van der Waals surface area contributed by atoms with E-state index in [-0.39, 0.29) is 5.92 Å². The fourth-order valence-electron chi connectivity index (χ4n) is 2.32. The van der Waals surface area contributed by atoms with E-state index in [4.69, 9.17) is 5.11 Å². The summed E-state index contributed by atoms with van der Waals surface area (Å²) in [7, 11) is 0. The Kier molecular flexibility index (Phi) is 3.79. The molecule has 1 aromatic carbocycles. The number of benzene rings is 1. The minimum Gasteiger partial charge on any atom is -0.508 e. The third-order valence-electron chi connectivity index (χ3n) is 3.50. The van der Waals surface area contributed by atoms with Crippen molar-refractivity contribution in [1.82, 2.24) is 4.90 Å². The third kappa shape index (κ3) is 2.89. The Morgan fingerprint density at radius 3 is 2.63 bits per heavy atom. The Bertz CT molecular complexity index is 520. The Morgan fingerprint density at radius 2 is 2.11 bits per heavy atom. The van der Waals surface area contributed by atoms with Crippen molar-refractivity contribution in [3.8, 4) is 5.75 Å². The molecule has 2 rings (SSSR count). The molecule has 1 aliphatic heterocycles. The van der Waals surface area contributed by atoms with E-state index in [2.05, 4.69) is 0 Å². The summed E-state index contributed by atoms with van der Waals surface area (Å²) in [6.45, 7) is 5.04. The zero-order valence-electron chi connectivity index (χ0n) is 11.3. The first-order valence-corrected chi connectivity index (χ1v) is 6.49. The Hall–Kier alpha value is -1.97. The Morgan fingerprint density at radius 1 is 1.37 bits per heavy atom. The van der Waals surface area contributed by atoms with Gasteiger partial charge in [0.2, 0.25) is 0 Å². The highest BCUT2D eigenvalue weighted by molar-refractivity contribution is 5.72. The van der Waals surface area contributed by atoms with Gasteiger partial charge in [-0.2, -0.15) is 0 Å². The smallest absolute Gasteiger partial charge is 0.407 e. The second kappa shape index (κ2) is 5.34. The summed E-state index contributed by atoms with van der Waals surface area (Å²) in [5, 5.41) is 18.7. The van der Waals surface area contributed by atoms with Gasteiger partial charge >= 0.3 is 6.09 Å². The van der Waals surface area contributed by atoms with Gasteiger partial charge in [0.1, 0.15) is 5.75 Å². The number of aromatic hydroxyl groups is 1. The first kappa shape index (κ1) is 13.5. The monoisotopic (exact) mass is 261 g/mol. The number of hydrogen-bond donors (Lipinski definition) is 2. The molecular weight excluding hydrogens is 242 g/mol. The summed E-state index contributed by atoms with van der Waals surface area (Å²) >= 11 is 0. The van der Waals surface area contributed by atoms with Gasteiger partial charge in [-0.05, 0) is 41.2 Å². The van der Waals surface area contributed by atoms with Crippen LogP contribution >= 0.6 is 0 Å². The maximum atomic E-state index is 10.8. The van der Waals surface area contributed by atoms with Crippen molar-refractivity contribution < 1.29 is 15.0 Å². The molecule has 0 spiro atoms. The standard InChI is InChI=1S/C15H19NO3/c1-10(2)13-9-12(3-4-14(13)17)11-5-7-16(8-6-11)15(18)19/h3-5,9-10,17H,6-8H2,1-2H3,(H,18,19). The number of phenolic OH excluding ortho intramolecular Hbond substituents is 1. The predicted molar refractivity (Wildman–Crippen MR) is 74.4 cm³/mol. The lowest BCUT2D eigenvalue weighted by atomic mass is 9.94. The van der Waals surface area contributed by atoms with Gasteiger partial charge in [0.05, 0.1) is 0 Å². The van der Waals surface area contributed by atoms with Crippen LogP contribution in [0.5, 0.6) is 5.75 Å². The second-order valence-corrected chi connectivity index (χ2v) is 5.14. The number of amides is 1. The van der Waals surface area contributed by atoms with Crippen molar-refractivity contribution in [3.05, 3.63) is 35.4 Å². The number of nitrogens with zero attached hydrogens (tertiary/aromatic N) is 1. The van der Waals surface area contributed by atoms with Crippen molar-refractivity contribution in [2.75, 3.05) is 13.1 Å². The van der Waals surface area contributed by atoms with Gasteiger partial charge in [0, 0.05) is 13.1 Å². The number of carboxylic acid groups (broad SMARTS) is 1. The highest BCUT2D eigenvalue weighted by atomic mass is 16.4. The normalized spacial score (nSPS) is 15.5. The van der Waals surface area contributed by atoms with E-state index in [1.54, 1.807) is 6.07 Å². The lowest BCUT2D eigenvalue weighted by Gasteiger charge is -2.24. The van der Waals surface area contributed by atoms with Crippen molar-refractivity contribution in [2.45, 2.75) is 26.2 Å². The van der Waals surface area contributed by atoms with E-state index in [0.29, 0.717) is 25.3 Å². The van der Waals surface area contributed by atoms with Crippen LogP contribution in [0.25, 0.3) is 5.57 Å². The van der Waals surface area contributed by atoms with Gasteiger partial charge in [-0.25, -0.2) is 4.79 Å². The van der Waals surface area contributed by atoms with Crippen molar-refractivity contribution in [1.29, 1.82) is 0 Å². The lowest BCUT2D eigenvalue weighted by molar-refractivity contribution is 0.150. The highest BCUT2D eigenvalue weighted by Crippen LogP contribution is 2.30. The number of carbonyl (C=O) groups is 1. The molecule has 0 atom stereocenters. The molecule has 0 saturated heterocycles. The van der Waals surface area contributed by atoms with Gasteiger partial charge in [0.25, 0.3) is 0 Å². The molecule has 1 amide bonds. The molecule has 0 radical (unpaired) electrons. The molecule has 19 heavy (non-hydrogen) atoms. The molecule has 0 fully saturated rings. The summed E-state index contributed by atoms with van der Waals surface area (Å²) in [5.41, 5.74) is 3.16. The van der Waals surface area contributed by atoms with Crippen LogP contribution < -0.4 is 0 Å². The third-order valence-corrected chi connectivity index (χ3v) is 3.50. The molecule has 0 saturated carbocycles. The maximum absolute atomic E-state index is 10.8. The SMILES string of the molecule is CC(C)c1cc(C2=CCN(C(=O)O)CC2)ccc1O. The Balaban J connectivity index is 2.24. The zero-order chi connectivity index (χ0) is 14.0. The van der Waals surface area contributed by atoms with Crippen LogP contribution in [0.1, 0.15) is 37.3 Å². The van der Waals surface area contributed by atoms with E-state index in [0.717, 1.165) is 16.7 Å². The first-order chi connectivity index (χ1) is 8.99. The number of rotatable bonds is 2. The molecule has 0 bridgehead atoms. The average Bonchev–Trinajstić information content (AvgIpc) is 2.39. The van der Waals surface area contributed by atoms with E-state index < -0.39 is 6.09 Å². The fraction of sp³-hybridized carbons (Fsp3) is 0.400. The van der Waals surface area contributed by atoms with Gasteiger partial charge < -0.3 is 15.1 Å².